The maximum absolute atomic E-state index is 12.1. The summed E-state index contributed by atoms with van der Waals surface area (Å²) < 4.78 is 25.5. The number of benzene rings is 2. The van der Waals surface area contributed by atoms with Gasteiger partial charge < -0.3 is 5.73 Å². The molecule has 0 unspecified atom stereocenters. The Bertz CT molecular complexity index is 744. The van der Waals surface area contributed by atoms with Crippen molar-refractivity contribution in [2.24, 2.45) is 5.73 Å². The molecule has 0 aliphatic heterocycles. The van der Waals surface area contributed by atoms with E-state index < -0.39 is 10.0 Å². The zero-order valence-electron chi connectivity index (χ0n) is 14.9. The predicted octanol–water partition coefficient (Wildman–Crippen LogP) is 2.29. The molecule has 0 atom stereocenters. The van der Waals surface area contributed by atoms with Crippen LogP contribution in [0.15, 0.2) is 59.5 Å². The van der Waals surface area contributed by atoms with Gasteiger partial charge in [-0.1, -0.05) is 42.5 Å². The number of nitrogens with two attached hydrogens (primary N) is 1. The summed E-state index contributed by atoms with van der Waals surface area (Å²) >= 11 is 0. The van der Waals surface area contributed by atoms with Crippen molar-refractivity contribution in [1.29, 1.82) is 0 Å². The fourth-order valence-electron chi connectivity index (χ4n) is 2.61. The van der Waals surface area contributed by atoms with E-state index in [1.807, 2.05) is 30.3 Å². The van der Waals surface area contributed by atoms with E-state index in [4.69, 9.17) is 5.73 Å². The first-order valence-corrected chi connectivity index (χ1v) is 9.85. The van der Waals surface area contributed by atoms with E-state index in [1.165, 1.54) is 24.0 Å². The SMILES string of the molecule is CN(C)S(=O)(=O)c1ccc(CN(CCCN)Cc2ccccc2)cc1. The second kappa shape index (κ2) is 9.10. The highest BCUT2D eigenvalue weighted by Gasteiger charge is 2.16. The first-order valence-electron chi connectivity index (χ1n) is 8.41. The van der Waals surface area contributed by atoms with Crippen molar-refractivity contribution in [3.63, 3.8) is 0 Å². The van der Waals surface area contributed by atoms with Gasteiger partial charge in [0.15, 0.2) is 0 Å². The van der Waals surface area contributed by atoms with Gasteiger partial charge in [-0.15, -0.1) is 0 Å². The Hall–Kier alpha value is -1.73. The molecular formula is C19H27N3O2S. The summed E-state index contributed by atoms with van der Waals surface area (Å²) in [6, 6.07) is 17.4. The molecule has 6 heteroatoms. The van der Waals surface area contributed by atoms with Crippen molar-refractivity contribution in [3.8, 4) is 0 Å². The lowest BCUT2D eigenvalue weighted by Gasteiger charge is -2.22. The van der Waals surface area contributed by atoms with Crippen molar-refractivity contribution in [2.45, 2.75) is 24.4 Å². The van der Waals surface area contributed by atoms with Crippen LogP contribution in [0, 0.1) is 0 Å². The highest BCUT2D eigenvalue weighted by Crippen LogP contribution is 2.16. The Morgan fingerprint density at radius 3 is 1.96 bits per heavy atom. The molecule has 25 heavy (non-hydrogen) atoms. The van der Waals surface area contributed by atoms with Gasteiger partial charge in [-0.25, -0.2) is 12.7 Å². The molecule has 2 aromatic carbocycles. The fourth-order valence-corrected chi connectivity index (χ4v) is 3.51. The molecule has 0 aromatic heterocycles. The molecule has 5 nitrogen and oxygen atoms in total. The van der Waals surface area contributed by atoms with Gasteiger partial charge in [0.25, 0.3) is 0 Å². The van der Waals surface area contributed by atoms with Crippen LogP contribution in [0.25, 0.3) is 0 Å². The molecule has 0 aliphatic rings. The normalized spacial score (nSPS) is 12.0. The molecule has 0 fully saturated rings. The van der Waals surface area contributed by atoms with E-state index in [2.05, 4.69) is 17.0 Å². The minimum absolute atomic E-state index is 0.317. The van der Waals surface area contributed by atoms with Crippen LogP contribution < -0.4 is 5.73 Å². The van der Waals surface area contributed by atoms with Gasteiger partial charge in [0.05, 0.1) is 4.90 Å². The van der Waals surface area contributed by atoms with E-state index in [1.54, 1.807) is 12.1 Å². The third kappa shape index (κ3) is 5.64. The summed E-state index contributed by atoms with van der Waals surface area (Å²) in [6.45, 7) is 3.17. The van der Waals surface area contributed by atoms with Gasteiger partial charge in [0, 0.05) is 33.7 Å². The second-order valence-electron chi connectivity index (χ2n) is 6.27. The zero-order chi connectivity index (χ0) is 18.3. The lowest BCUT2D eigenvalue weighted by molar-refractivity contribution is 0.255. The third-order valence-corrected chi connectivity index (χ3v) is 5.86. The monoisotopic (exact) mass is 361 g/mol. The number of rotatable bonds is 9. The summed E-state index contributed by atoms with van der Waals surface area (Å²) in [5.41, 5.74) is 8.01. The molecule has 0 heterocycles. The number of hydrogen-bond acceptors (Lipinski definition) is 4. The van der Waals surface area contributed by atoms with Crippen LogP contribution >= 0.6 is 0 Å². The van der Waals surface area contributed by atoms with Crippen LogP contribution in [0.5, 0.6) is 0 Å². The predicted molar refractivity (Wildman–Crippen MR) is 102 cm³/mol. The van der Waals surface area contributed by atoms with Gasteiger partial charge in [-0.3, -0.25) is 4.90 Å². The quantitative estimate of drug-likeness (QED) is 0.744. The lowest BCUT2D eigenvalue weighted by atomic mass is 10.1. The largest absolute Gasteiger partial charge is 0.330 e. The molecule has 2 rings (SSSR count). The van der Waals surface area contributed by atoms with Crippen LogP contribution in [-0.2, 0) is 23.1 Å². The molecular weight excluding hydrogens is 334 g/mol. The van der Waals surface area contributed by atoms with Crippen molar-refractivity contribution in [2.75, 3.05) is 27.2 Å². The standard InChI is InChI=1S/C19H27N3O2S/c1-21(2)25(23,24)19-11-9-18(10-12-19)16-22(14-6-13-20)15-17-7-4-3-5-8-17/h3-5,7-12H,6,13-16,20H2,1-2H3. The van der Waals surface area contributed by atoms with E-state index in [9.17, 15) is 8.42 Å². The minimum Gasteiger partial charge on any atom is -0.330 e. The average molecular weight is 362 g/mol. The van der Waals surface area contributed by atoms with Gasteiger partial charge in [0.2, 0.25) is 10.0 Å². The Morgan fingerprint density at radius 1 is 0.880 bits per heavy atom. The van der Waals surface area contributed by atoms with Crippen LogP contribution in [-0.4, -0.2) is 44.8 Å². The molecule has 0 aliphatic carbocycles. The maximum Gasteiger partial charge on any atom is 0.242 e. The summed E-state index contributed by atoms with van der Waals surface area (Å²) in [6.07, 6.45) is 0.930. The molecule has 2 N–H and O–H groups in total. The van der Waals surface area contributed by atoms with Gasteiger partial charge >= 0.3 is 0 Å². The topological polar surface area (TPSA) is 66.6 Å². The second-order valence-corrected chi connectivity index (χ2v) is 8.42. The molecule has 0 saturated heterocycles. The van der Waals surface area contributed by atoms with Crippen LogP contribution in [0.1, 0.15) is 17.5 Å². The number of hydrogen-bond donors (Lipinski definition) is 1. The first kappa shape index (κ1) is 19.6. The first-order chi connectivity index (χ1) is 11.9. The minimum atomic E-state index is -3.38. The van der Waals surface area contributed by atoms with Crippen LogP contribution in [0.4, 0.5) is 0 Å². The van der Waals surface area contributed by atoms with Crippen LogP contribution in [0.2, 0.25) is 0 Å². The smallest absolute Gasteiger partial charge is 0.242 e. The van der Waals surface area contributed by atoms with Crippen LogP contribution in [0.3, 0.4) is 0 Å². The maximum atomic E-state index is 12.1. The molecule has 0 radical (unpaired) electrons. The Balaban J connectivity index is 2.10. The Morgan fingerprint density at radius 2 is 1.44 bits per heavy atom. The molecule has 0 spiro atoms. The van der Waals surface area contributed by atoms with Gasteiger partial charge in [-0.2, -0.15) is 0 Å². The summed E-state index contributed by atoms with van der Waals surface area (Å²) in [5.74, 6) is 0. The molecule has 0 amide bonds. The van der Waals surface area contributed by atoms with Crippen molar-refractivity contribution >= 4 is 10.0 Å². The summed E-state index contributed by atoms with van der Waals surface area (Å²) in [4.78, 5) is 2.65. The van der Waals surface area contributed by atoms with E-state index >= 15 is 0 Å². The average Bonchev–Trinajstić information content (AvgIpc) is 2.61. The summed E-state index contributed by atoms with van der Waals surface area (Å²) in [7, 11) is -0.303. The number of sulfonamides is 1. The lowest BCUT2D eigenvalue weighted by Crippen LogP contribution is -2.26. The Labute approximate surface area is 151 Å². The van der Waals surface area contributed by atoms with Crippen molar-refractivity contribution < 1.29 is 8.42 Å². The zero-order valence-corrected chi connectivity index (χ0v) is 15.7. The highest BCUT2D eigenvalue weighted by atomic mass is 32.2. The highest BCUT2D eigenvalue weighted by molar-refractivity contribution is 7.89. The van der Waals surface area contributed by atoms with Gasteiger partial charge in [0.1, 0.15) is 0 Å². The van der Waals surface area contributed by atoms with Crippen molar-refractivity contribution in [1.82, 2.24) is 9.21 Å². The fraction of sp³-hybridized carbons (Fsp3) is 0.368. The molecule has 0 saturated carbocycles. The Kier molecular flexibility index (Phi) is 7.13. The summed E-state index contributed by atoms with van der Waals surface area (Å²) in [5, 5.41) is 0. The van der Waals surface area contributed by atoms with E-state index in [-0.39, 0.29) is 0 Å². The van der Waals surface area contributed by atoms with E-state index in [0.717, 1.165) is 31.6 Å². The third-order valence-electron chi connectivity index (χ3n) is 4.04. The van der Waals surface area contributed by atoms with E-state index in [0.29, 0.717) is 11.4 Å². The molecule has 136 valence electrons. The molecule has 2 aromatic rings. The molecule has 0 bridgehead atoms. The van der Waals surface area contributed by atoms with Gasteiger partial charge in [-0.05, 0) is 36.2 Å². The van der Waals surface area contributed by atoms with Crippen molar-refractivity contribution in [3.05, 3.63) is 65.7 Å². The number of nitrogens with zero attached hydrogens (tertiary/aromatic N) is 2.